The second kappa shape index (κ2) is 6.60. The molecule has 1 heterocycles. The lowest BCUT2D eigenvalue weighted by Gasteiger charge is -2.30. The molecule has 0 unspecified atom stereocenters. The molecule has 3 nitrogen and oxygen atoms in total. The standard InChI is InChI=1S/C14H18Cl2N2O/c1-10-4-3-7-18(8-10)9-13(19)17-14-11(15)5-2-6-12(14)16/h2,5-6,10H,3-4,7-9H2,1H3,(H,17,19)/t10-/m1/s1. The highest BCUT2D eigenvalue weighted by Gasteiger charge is 2.19. The maximum atomic E-state index is 12.0. The average Bonchev–Trinajstić information content (AvgIpc) is 2.34. The average molecular weight is 301 g/mol. The molecular formula is C14H18Cl2N2O. The van der Waals surface area contributed by atoms with Crippen molar-refractivity contribution in [1.82, 2.24) is 4.90 Å². The van der Waals surface area contributed by atoms with Crippen LogP contribution >= 0.6 is 23.2 Å². The lowest BCUT2D eigenvalue weighted by atomic mass is 10.0. The first kappa shape index (κ1) is 14.6. The fourth-order valence-corrected chi connectivity index (χ4v) is 2.92. The van der Waals surface area contributed by atoms with Crippen molar-refractivity contribution < 1.29 is 4.79 Å². The number of carbonyl (C=O) groups excluding carboxylic acids is 1. The van der Waals surface area contributed by atoms with Gasteiger partial charge >= 0.3 is 0 Å². The van der Waals surface area contributed by atoms with Gasteiger partial charge in [0.1, 0.15) is 0 Å². The molecule has 0 aliphatic carbocycles. The van der Waals surface area contributed by atoms with E-state index in [4.69, 9.17) is 23.2 Å². The van der Waals surface area contributed by atoms with E-state index in [9.17, 15) is 4.79 Å². The lowest BCUT2D eigenvalue weighted by Crippen LogP contribution is -2.39. The van der Waals surface area contributed by atoms with Crippen molar-refractivity contribution in [3.63, 3.8) is 0 Å². The number of nitrogens with one attached hydrogen (secondary N) is 1. The van der Waals surface area contributed by atoms with Gasteiger partial charge in [-0.05, 0) is 37.4 Å². The number of likely N-dealkylation sites (tertiary alicyclic amines) is 1. The molecule has 1 aliphatic heterocycles. The molecule has 1 aromatic carbocycles. The van der Waals surface area contributed by atoms with Crippen molar-refractivity contribution in [2.24, 2.45) is 5.92 Å². The van der Waals surface area contributed by atoms with Crippen molar-refractivity contribution >= 4 is 34.8 Å². The number of hydrogen-bond acceptors (Lipinski definition) is 2. The molecule has 1 aliphatic rings. The molecule has 0 saturated carbocycles. The van der Waals surface area contributed by atoms with Crippen LogP contribution in [0.25, 0.3) is 0 Å². The Balaban J connectivity index is 1.94. The highest BCUT2D eigenvalue weighted by atomic mass is 35.5. The van der Waals surface area contributed by atoms with Crippen molar-refractivity contribution in [2.75, 3.05) is 25.0 Å². The molecule has 1 saturated heterocycles. The molecule has 0 radical (unpaired) electrons. The zero-order valence-electron chi connectivity index (χ0n) is 11.0. The number of anilines is 1. The number of benzene rings is 1. The van der Waals surface area contributed by atoms with Gasteiger partial charge in [-0.3, -0.25) is 9.69 Å². The van der Waals surface area contributed by atoms with Crippen molar-refractivity contribution in [3.8, 4) is 0 Å². The van der Waals surface area contributed by atoms with E-state index in [1.807, 2.05) is 0 Å². The molecule has 0 bridgehead atoms. The summed E-state index contributed by atoms with van der Waals surface area (Å²) in [5.41, 5.74) is 0.501. The summed E-state index contributed by atoms with van der Waals surface area (Å²) in [4.78, 5) is 14.2. The number of amides is 1. The van der Waals surface area contributed by atoms with Gasteiger partial charge in [0.25, 0.3) is 0 Å². The largest absolute Gasteiger partial charge is 0.322 e. The van der Waals surface area contributed by atoms with Crippen LogP contribution in [0.5, 0.6) is 0 Å². The molecule has 0 aromatic heterocycles. The van der Waals surface area contributed by atoms with Gasteiger partial charge in [0, 0.05) is 6.54 Å². The molecule has 19 heavy (non-hydrogen) atoms. The SMILES string of the molecule is C[C@@H]1CCCN(CC(=O)Nc2c(Cl)cccc2Cl)C1. The van der Waals surface area contributed by atoms with Crippen LogP contribution in [-0.4, -0.2) is 30.4 Å². The second-order valence-electron chi connectivity index (χ2n) is 5.13. The van der Waals surface area contributed by atoms with Gasteiger partial charge in [-0.15, -0.1) is 0 Å². The topological polar surface area (TPSA) is 32.3 Å². The zero-order valence-corrected chi connectivity index (χ0v) is 12.5. The van der Waals surface area contributed by atoms with Crippen molar-refractivity contribution in [3.05, 3.63) is 28.2 Å². The summed E-state index contributed by atoms with van der Waals surface area (Å²) in [6, 6.07) is 5.19. The second-order valence-corrected chi connectivity index (χ2v) is 5.94. The van der Waals surface area contributed by atoms with Crippen LogP contribution < -0.4 is 5.32 Å². The minimum Gasteiger partial charge on any atom is -0.322 e. The Bertz CT molecular complexity index is 445. The molecular weight excluding hydrogens is 283 g/mol. The quantitative estimate of drug-likeness (QED) is 0.924. The summed E-state index contributed by atoms with van der Waals surface area (Å²) in [6.07, 6.45) is 2.40. The maximum absolute atomic E-state index is 12.0. The fraction of sp³-hybridized carbons (Fsp3) is 0.500. The number of nitrogens with zero attached hydrogens (tertiary/aromatic N) is 1. The first-order valence-electron chi connectivity index (χ1n) is 6.52. The number of carbonyl (C=O) groups is 1. The Morgan fingerprint density at radius 2 is 2.11 bits per heavy atom. The van der Waals surface area contributed by atoms with Crippen LogP contribution in [0.15, 0.2) is 18.2 Å². The molecule has 1 amide bonds. The predicted octanol–water partition coefficient (Wildman–Crippen LogP) is 3.66. The van der Waals surface area contributed by atoms with Crippen molar-refractivity contribution in [1.29, 1.82) is 0 Å². The van der Waals surface area contributed by atoms with E-state index in [2.05, 4.69) is 17.1 Å². The van der Waals surface area contributed by atoms with Gasteiger partial charge < -0.3 is 5.32 Å². The van der Waals surface area contributed by atoms with Gasteiger partial charge in [-0.25, -0.2) is 0 Å². The number of rotatable bonds is 3. The zero-order chi connectivity index (χ0) is 13.8. The Morgan fingerprint density at radius 1 is 1.42 bits per heavy atom. The van der Waals surface area contributed by atoms with Crippen LogP contribution in [0.4, 0.5) is 5.69 Å². The third-order valence-corrected chi connectivity index (χ3v) is 3.97. The predicted molar refractivity (Wildman–Crippen MR) is 79.9 cm³/mol. The third-order valence-electron chi connectivity index (χ3n) is 3.34. The minimum absolute atomic E-state index is 0.0656. The Kier molecular flexibility index (Phi) is 5.08. The smallest absolute Gasteiger partial charge is 0.238 e. The van der Waals surface area contributed by atoms with E-state index in [1.54, 1.807) is 18.2 Å². The van der Waals surface area contributed by atoms with E-state index >= 15 is 0 Å². The number of piperidine rings is 1. The Morgan fingerprint density at radius 3 is 2.74 bits per heavy atom. The summed E-state index contributed by atoms with van der Waals surface area (Å²) >= 11 is 12.1. The summed E-state index contributed by atoms with van der Waals surface area (Å²) in [6.45, 7) is 4.57. The van der Waals surface area contributed by atoms with E-state index in [1.165, 1.54) is 6.42 Å². The summed E-state index contributed by atoms with van der Waals surface area (Å²) in [5, 5.41) is 3.73. The Labute approximate surface area is 123 Å². The van der Waals surface area contributed by atoms with Gasteiger partial charge in [0.05, 0.1) is 22.3 Å². The van der Waals surface area contributed by atoms with Gasteiger partial charge in [-0.1, -0.05) is 36.2 Å². The monoisotopic (exact) mass is 300 g/mol. The lowest BCUT2D eigenvalue weighted by molar-refractivity contribution is -0.117. The number of para-hydroxylation sites is 1. The molecule has 104 valence electrons. The molecule has 0 spiro atoms. The molecule has 1 fully saturated rings. The molecule has 5 heteroatoms. The summed E-state index contributed by atoms with van der Waals surface area (Å²) in [7, 11) is 0. The molecule has 1 atom stereocenters. The third kappa shape index (κ3) is 4.10. The van der Waals surface area contributed by atoms with Crippen LogP contribution in [0.1, 0.15) is 19.8 Å². The van der Waals surface area contributed by atoms with Crippen LogP contribution in [0.2, 0.25) is 10.0 Å². The Hall–Kier alpha value is -0.770. The first-order chi connectivity index (χ1) is 9.06. The van der Waals surface area contributed by atoms with Crippen LogP contribution in [0.3, 0.4) is 0 Å². The number of hydrogen-bond donors (Lipinski definition) is 1. The van der Waals surface area contributed by atoms with Crippen molar-refractivity contribution in [2.45, 2.75) is 19.8 Å². The van der Waals surface area contributed by atoms with E-state index in [0.29, 0.717) is 28.2 Å². The van der Waals surface area contributed by atoms with Crippen LogP contribution in [0, 0.1) is 5.92 Å². The van der Waals surface area contributed by atoms with Crippen LogP contribution in [-0.2, 0) is 4.79 Å². The maximum Gasteiger partial charge on any atom is 0.238 e. The summed E-state index contributed by atoms with van der Waals surface area (Å²) < 4.78 is 0. The first-order valence-corrected chi connectivity index (χ1v) is 7.28. The molecule has 1 aromatic rings. The highest BCUT2D eigenvalue weighted by Crippen LogP contribution is 2.29. The van der Waals surface area contributed by atoms with Gasteiger partial charge in [-0.2, -0.15) is 0 Å². The molecule has 1 N–H and O–H groups in total. The van der Waals surface area contributed by atoms with E-state index in [0.717, 1.165) is 19.5 Å². The van der Waals surface area contributed by atoms with Gasteiger partial charge in [0.15, 0.2) is 0 Å². The highest BCUT2D eigenvalue weighted by molar-refractivity contribution is 6.39. The van der Waals surface area contributed by atoms with Gasteiger partial charge in [0.2, 0.25) is 5.91 Å². The normalized spacial score (nSPS) is 20.3. The molecule has 2 rings (SSSR count). The fourth-order valence-electron chi connectivity index (χ4n) is 2.43. The summed E-state index contributed by atoms with van der Waals surface area (Å²) in [5.74, 6) is 0.592. The van der Waals surface area contributed by atoms with E-state index < -0.39 is 0 Å². The number of halogens is 2. The van der Waals surface area contributed by atoms with E-state index in [-0.39, 0.29) is 5.91 Å². The minimum atomic E-state index is -0.0656.